The van der Waals surface area contributed by atoms with E-state index in [1.54, 1.807) is 12.5 Å². The van der Waals surface area contributed by atoms with Gasteiger partial charge in [0.15, 0.2) is 0 Å². The second-order valence-electron chi connectivity index (χ2n) is 2.22. The molecule has 0 amide bonds. The molecule has 0 aromatic rings. The first-order valence-corrected chi connectivity index (χ1v) is 2.89. The highest BCUT2D eigenvalue weighted by molar-refractivity contribution is 5.55. The van der Waals surface area contributed by atoms with Gasteiger partial charge in [-0.05, 0) is 0 Å². The predicted octanol–water partition coefficient (Wildman–Crippen LogP) is 0.321. The number of hydrogen-bond acceptors (Lipinski definition) is 3. The number of aliphatic imine (C=N–C) groups is 1. The van der Waals surface area contributed by atoms with E-state index in [0.717, 1.165) is 6.67 Å². The molecule has 0 fully saturated rings. The highest BCUT2D eigenvalue weighted by Gasteiger charge is 1.95. The van der Waals surface area contributed by atoms with Crippen LogP contribution in [0.1, 0.15) is 0 Å². The van der Waals surface area contributed by atoms with Crippen molar-refractivity contribution in [1.29, 1.82) is 0 Å². The van der Waals surface area contributed by atoms with Crippen LogP contribution < -0.4 is 0 Å². The van der Waals surface area contributed by atoms with Gasteiger partial charge in [-0.3, -0.25) is 0 Å². The Morgan fingerprint density at radius 3 is 2.89 bits per heavy atom. The van der Waals surface area contributed by atoms with Crippen molar-refractivity contribution in [2.45, 2.75) is 0 Å². The quantitative estimate of drug-likeness (QED) is 0.464. The summed E-state index contributed by atoms with van der Waals surface area (Å²) in [4.78, 5) is 8.06. The van der Waals surface area contributed by atoms with Crippen LogP contribution >= 0.6 is 0 Å². The second-order valence-corrected chi connectivity index (χ2v) is 2.22. The molecular formula is C6H11N3. The number of nitrogens with zero attached hydrogens (tertiary/aromatic N) is 3. The van der Waals surface area contributed by atoms with Crippen LogP contribution in [0.3, 0.4) is 0 Å². The Kier molecular flexibility index (Phi) is 1.72. The standard InChI is InChI=1S/C6H11N3/c1-8-4-3-7-5-9(2)6-8/h3-5H,6H2,1-2H3. The van der Waals surface area contributed by atoms with Crippen LogP contribution in [0.5, 0.6) is 0 Å². The van der Waals surface area contributed by atoms with E-state index in [1.807, 2.05) is 25.2 Å². The molecule has 0 aromatic heterocycles. The molecule has 3 heteroatoms. The fraction of sp³-hybridized carbons (Fsp3) is 0.500. The Balaban J connectivity index is 2.54. The minimum atomic E-state index is 0.903. The van der Waals surface area contributed by atoms with Gasteiger partial charge in [-0.25, -0.2) is 4.99 Å². The molecule has 0 unspecified atom stereocenters. The SMILES string of the molecule is CN1C=CN=CN(C)C1. The van der Waals surface area contributed by atoms with Crippen LogP contribution in [-0.4, -0.2) is 36.9 Å². The van der Waals surface area contributed by atoms with Gasteiger partial charge in [-0.2, -0.15) is 0 Å². The zero-order valence-electron chi connectivity index (χ0n) is 5.78. The van der Waals surface area contributed by atoms with Gasteiger partial charge in [0.1, 0.15) is 0 Å². The number of hydrogen-bond donors (Lipinski definition) is 0. The monoisotopic (exact) mass is 125 g/mol. The Morgan fingerprint density at radius 2 is 2.11 bits per heavy atom. The van der Waals surface area contributed by atoms with E-state index in [9.17, 15) is 0 Å². The summed E-state index contributed by atoms with van der Waals surface area (Å²) in [6.45, 7) is 0.903. The zero-order chi connectivity index (χ0) is 6.69. The van der Waals surface area contributed by atoms with Crippen LogP contribution in [0, 0.1) is 0 Å². The molecule has 0 aromatic carbocycles. The van der Waals surface area contributed by atoms with Gasteiger partial charge in [0.25, 0.3) is 0 Å². The van der Waals surface area contributed by atoms with Crippen molar-refractivity contribution >= 4 is 6.34 Å². The van der Waals surface area contributed by atoms with Crippen molar-refractivity contribution in [3.8, 4) is 0 Å². The molecule has 0 radical (unpaired) electrons. The van der Waals surface area contributed by atoms with Crippen molar-refractivity contribution in [1.82, 2.24) is 9.80 Å². The molecule has 1 heterocycles. The van der Waals surface area contributed by atoms with E-state index in [1.165, 1.54) is 0 Å². The normalized spacial score (nSPS) is 18.4. The summed E-state index contributed by atoms with van der Waals surface area (Å²) >= 11 is 0. The van der Waals surface area contributed by atoms with Crippen molar-refractivity contribution < 1.29 is 0 Å². The van der Waals surface area contributed by atoms with Gasteiger partial charge in [-0.1, -0.05) is 0 Å². The Bertz CT molecular complexity index is 123. The van der Waals surface area contributed by atoms with Gasteiger partial charge in [0, 0.05) is 26.5 Å². The summed E-state index contributed by atoms with van der Waals surface area (Å²) in [6, 6.07) is 0. The van der Waals surface area contributed by atoms with Crippen LogP contribution in [0.25, 0.3) is 0 Å². The van der Waals surface area contributed by atoms with Crippen LogP contribution in [0.4, 0.5) is 0 Å². The molecule has 0 atom stereocenters. The van der Waals surface area contributed by atoms with E-state index in [4.69, 9.17) is 0 Å². The molecule has 0 spiro atoms. The average molecular weight is 125 g/mol. The van der Waals surface area contributed by atoms with Gasteiger partial charge in [-0.15, -0.1) is 0 Å². The maximum atomic E-state index is 3.98. The molecule has 3 nitrogen and oxygen atoms in total. The van der Waals surface area contributed by atoms with E-state index in [2.05, 4.69) is 9.89 Å². The first kappa shape index (κ1) is 6.13. The summed E-state index contributed by atoms with van der Waals surface area (Å²) in [5.41, 5.74) is 0. The summed E-state index contributed by atoms with van der Waals surface area (Å²) < 4.78 is 0. The topological polar surface area (TPSA) is 18.8 Å². The molecule has 9 heavy (non-hydrogen) atoms. The maximum Gasteiger partial charge on any atom is 0.0917 e. The zero-order valence-corrected chi connectivity index (χ0v) is 5.78. The Labute approximate surface area is 55.3 Å². The average Bonchev–Trinajstić information content (AvgIpc) is 1.93. The Hall–Kier alpha value is -0.990. The lowest BCUT2D eigenvalue weighted by Crippen LogP contribution is -2.27. The lowest BCUT2D eigenvalue weighted by atomic mass is 10.7. The fourth-order valence-electron chi connectivity index (χ4n) is 0.740. The molecule has 0 aliphatic carbocycles. The fourth-order valence-corrected chi connectivity index (χ4v) is 0.740. The molecule has 1 aliphatic rings. The summed E-state index contributed by atoms with van der Waals surface area (Å²) in [6.07, 6.45) is 5.53. The molecule has 0 N–H and O–H groups in total. The predicted molar refractivity (Wildman–Crippen MR) is 38.0 cm³/mol. The molecule has 50 valence electrons. The lowest BCUT2D eigenvalue weighted by molar-refractivity contribution is 0.327. The van der Waals surface area contributed by atoms with Crippen molar-refractivity contribution in [2.24, 2.45) is 4.99 Å². The van der Waals surface area contributed by atoms with E-state index >= 15 is 0 Å². The van der Waals surface area contributed by atoms with Gasteiger partial charge in [0.05, 0.1) is 13.0 Å². The minimum absolute atomic E-state index is 0.903. The third-order valence-electron chi connectivity index (χ3n) is 1.12. The maximum absolute atomic E-state index is 3.98. The number of rotatable bonds is 0. The third-order valence-corrected chi connectivity index (χ3v) is 1.12. The first-order valence-electron chi connectivity index (χ1n) is 2.89. The molecule has 1 rings (SSSR count). The molecule has 0 bridgehead atoms. The molecule has 1 aliphatic heterocycles. The molecular weight excluding hydrogens is 114 g/mol. The van der Waals surface area contributed by atoms with E-state index < -0.39 is 0 Å². The highest BCUT2D eigenvalue weighted by Crippen LogP contribution is 1.91. The Morgan fingerprint density at radius 1 is 1.33 bits per heavy atom. The largest absolute Gasteiger partial charge is 0.362 e. The van der Waals surface area contributed by atoms with E-state index in [-0.39, 0.29) is 0 Å². The molecule has 0 saturated carbocycles. The van der Waals surface area contributed by atoms with E-state index in [0.29, 0.717) is 0 Å². The summed E-state index contributed by atoms with van der Waals surface area (Å²) in [5.74, 6) is 0. The first-order chi connectivity index (χ1) is 4.29. The highest BCUT2D eigenvalue weighted by atomic mass is 15.3. The smallest absolute Gasteiger partial charge is 0.0917 e. The van der Waals surface area contributed by atoms with Crippen molar-refractivity contribution in [2.75, 3.05) is 20.8 Å². The molecule has 0 saturated heterocycles. The van der Waals surface area contributed by atoms with Gasteiger partial charge >= 0.3 is 0 Å². The van der Waals surface area contributed by atoms with Crippen molar-refractivity contribution in [3.05, 3.63) is 12.4 Å². The van der Waals surface area contributed by atoms with Gasteiger partial charge in [0.2, 0.25) is 0 Å². The summed E-state index contributed by atoms with van der Waals surface area (Å²) in [7, 11) is 4.01. The van der Waals surface area contributed by atoms with Crippen LogP contribution in [0.2, 0.25) is 0 Å². The van der Waals surface area contributed by atoms with Crippen molar-refractivity contribution in [3.63, 3.8) is 0 Å². The van der Waals surface area contributed by atoms with Crippen LogP contribution in [-0.2, 0) is 0 Å². The van der Waals surface area contributed by atoms with Gasteiger partial charge < -0.3 is 9.80 Å². The van der Waals surface area contributed by atoms with Crippen LogP contribution in [0.15, 0.2) is 17.4 Å². The summed E-state index contributed by atoms with van der Waals surface area (Å²) in [5, 5.41) is 0. The minimum Gasteiger partial charge on any atom is -0.362 e. The second kappa shape index (κ2) is 2.53. The third kappa shape index (κ3) is 1.76. The lowest BCUT2D eigenvalue weighted by Gasteiger charge is -2.18.